The van der Waals surface area contributed by atoms with Crippen LogP contribution in [0.4, 0.5) is 0 Å². The van der Waals surface area contributed by atoms with E-state index in [4.69, 9.17) is 12.0 Å². The van der Waals surface area contributed by atoms with Crippen molar-refractivity contribution in [3.8, 4) is 5.75 Å². The van der Waals surface area contributed by atoms with E-state index in [1.165, 1.54) is 12.1 Å². The molecule has 8 heavy (non-hydrogen) atoms. The summed E-state index contributed by atoms with van der Waals surface area (Å²) in [6, 6.07) is 6.18. The summed E-state index contributed by atoms with van der Waals surface area (Å²) in [7, 11) is 0. The van der Waals surface area contributed by atoms with Gasteiger partial charge < -0.3 is 5.11 Å². The van der Waals surface area contributed by atoms with Crippen molar-refractivity contribution in [1.29, 1.82) is 0 Å². The average Bonchev–Trinajstić information content (AvgIpc) is 1.64. The van der Waals surface area contributed by atoms with Gasteiger partial charge in [0.05, 0.1) is 0 Å². The second kappa shape index (κ2) is 1.86. The van der Waals surface area contributed by atoms with Crippen LogP contribution in [-0.2, 0) is 0 Å². The molecule has 0 fully saturated rings. The maximum Gasteiger partial charge on any atom is 0.115 e. The predicted octanol–water partition coefficient (Wildman–Crippen LogP) is 1.33. The predicted molar refractivity (Wildman–Crippen MR) is 30.5 cm³/mol. The van der Waals surface area contributed by atoms with Crippen LogP contribution in [0.1, 0.15) is 5.56 Å². The standard InChI is InChI=1S/C7H5O/c1-6-3-2-4-7(8)5-6/h2-5,8H. The van der Waals surface area contributed by atoms with Crippen molar-refractivity contribution in [2.45, 2.75) is 0 Å². The molecule has 3 radical (unpaired) electrons. The van der Waals surface area contributed by atoms with E-state index in [9.17, 15) is 0 Å². The van der Waals surface area contributed by atoms with Gasteiger partial charge in [-0.2, -0.15) is 0 Å². The highest BCUT2D eigenvalue weighted by Crippen LogP contribution is 2.08. The summed E-state index contributed by atoms with van der Waals surface area (Å²) >= 11 is 0. The molecular formula is C7H5O. The van der Waals surface area contributed by atoms with Gasteiger partial charge in [-0.15, -0.1) is 0 Å². The van der Waals surface area contributed by atoms with Gasteiger partial charge in [0.25, 0.3) is 0 Å². The first-order chi connectivity index (χ1) is 3.79. The number of phenolic OH excluding ortho intramolecular Hbond substituents is 1. The van der Waals surface area contributed by atoms with Gasteiger partial charge in [0.1, 0.15) is 5.75 Å². The molecular weight excluding hydrogens is 100 g/mol. The van der Waals surface area contributed by atoms with E-state index >= 15 is 0 Å². The van der Waals surface area contributed by atoms with Crippen molar-refractivity contribution in [3.63, 3.8) is 0 Å². The Morgan fingerprint density at radius 3 is 2.50 bits per heavy atom. The van der Waals surface area contributed by atoms with E-state index in [-0.39, 0.29) is 5.75 Å². The summed E-state index contributed by atoms with van der Waals surface area (Å²) in [5.74, 6) is 0.150. The van der Waals surface area contributed by atoms with Crippen LogP contribution in [0.2, 0.25) is 0 Å². The van der Waals surface area contributed by atoms with E-state index in [0.717, 1.165) is 0 Å². The minimum Gasteiger partial charge on any atom is -0.508 e. The molecule has 1 rings (SSSR count). The smallest absolute Gasteiger partial charge is 0.115 e. The summed E-state index contributed by atoms with van der Waals surface area (Å²) in [4.78, 5) is 0. The van der Waals surface area contributed by atoms with E-state index < -0.39 is 0 Å². The lowest BCUT2D eigenvalue weighted by atomic mass is 10.2. The number of phenols is 1. The maximum absolute atomic E-state index is 8.69. The molecule has 1 aromatic rings. The fourth-order valence-corrected chi connectivity index (χ4v) is 0.506. The Bertz CT molecular complexity index is 164. The molecule has 0 aromatic heterocycles. The Balaban J connectivity index is 3.08. The topological polar surface area (TPSA) is 20.2 Å². The zero-order valence-corrected chi connectivity index (χ0v) is 4.26. The third-order valence-corrected chi connectivity index (χ3v) is 0.846. The molecule has 0 saturated carbocycles. The summed E-state index contributed by atoms with van der Waals surface area (Å²) in [6.45, 7) is 6.98. The molecule has 39 valence electrons. The second-order valence-electron chi connectivity index (χ2n) is 1.55. The fourth-order valence-electron chi connectivity index (χ4n) is 0.506. The van der Waals surface area contributed by atoms with Gasteiger partial charge in [0, 0.05) is 6.92 Å². The number of rotatable bonds is 0. The first-order valence-electron chi connectivity index (χ1n) is 2.29. The van der Waals surface area contributed by atoms with Crippen molar-refractivity contribution < 1.29 is 5.11 Å². The van der Waals surface area contributed by atoms with Gasteiger partial charge in [-0.1, -0.05) is 12.1 Å². The van der Waals surface area contributed by atoms with Gasteiger partial charge in [0.15, 0.2) is 0 Å². The molecule has 0 unspecified atom stereocenters. The molecule has 1 N–H and O–H groups in total. The Kier molecular flexibility index (Phi) is 1.20. The molecule has 0 aliphatic rings. The van der Waals surface area contributed by atoms with Crippen LogP contribution in [-0.4, -0.2) is 5.11 Å². The largest absolute Gasteiger partial charge is 0.508 e. The summed E-state index contributed by atoms with van der Waals surface area (Å²) < 4.78 is 0. The van der Waals surface area contributed by atoms with Crippen LogP contribution >= 0.6 is 0 Å². The van der Waals surface area contributed by atoms with Gasteiger partial charge >= 0.3 is 0 Å². The van der Waals surface area contributed by atoms with Crippen molar-refractivity contribution >= 4 is 0 Å². The number of hydrogen-bond acceptors (Lipinski definition) is 1. The monoisotopic (exact) mass is 105 g/mol. The highest BCUT2D eigenvalue weighted by molar-refractivity contribution is 5.28. The van der Waals surface area contributed by atoms with Crippen LogP contribution in [0.3, 0.4) is 0 Å². The lowest BCUT2D eigenvalue weighted by molar-refractivity contribution is 0.475. The van der Waals surface area contributed by atoms with E-state index in [1.54, 1.807) is 12.1 Å². The zero-order valence-electron chi connectivity index (χ0n) is 4.26. The second-order valence-corrected chi connectivity index (χ2v) is 1.55. The van der Waals surface area contributed by atoms with Crippen molar-refractivity contribution in [2.24, 2.45) is 0 Å². The number of benzene rings is 1. The first kappa shape index (κ1) is 5.16. The number of aromatic hydroxyl groups is 1. The van der Waals surface area contributed by atoms with Crippen molar-refractivity contribution in [2.75, 3.05) is 0 Å². The van der Waals surface area contributed by atoms with Crippen molar-refractivity contribution in [1.82, 2.24) is 0 Å². The first-order valence-corrected chi connectivity index (χ1v) is 2.29. The maximum atomic E-state index is 8.69. The minimum absolute atomic E-state index is 0.150. The Hall–Kier alpha value is -0.980. The lowest BCUT2D eigenvalue weighted by Gasteiger charge is -1.89. The van der Waals surface area contributed by atoms with Crippen molar-refractivity contribution in [3.05, 3.63) is 36.8 Å². The Morgan fingerprint density at radius 2 is 2.12 bits per heavy atom. The SMILES string of the molecule is [C]c1cccc(O)c1. The number of hydrogen-bond donors (Lipinski definition) is 1. The van der Waals surface area contributed by atoms with Gasteiger partial charge in [-0.25, -0.2) is 0 Å². The average molecular weight is 105 g/mol. The summed E-state index contributed by atoms with van der Waals surface area (Å²) in [5, 5.41) is 8.69. The molecule has 0 saturated heterocycles. The van der Waals surface area contributed by atoms with E-state index in [0.29, 0.717) is 5.56 Å². The molecule has 0 aliphatic carbocycles. The van der Waals surface area contributed by atoms with Crippen LogP contribution in [0.15, 0.2) is 24.3 Å². The van der Waals surface area contributed by atoms with Crippen LogP contribution in [0, 0.1) is 6.92 Å². The van der Waals surface area contributed by atoms with Crippen LogP contribution in [0.5, 0.6) is 5.75 Å². The van der Waals surface area contributed by atoms with E-state index in [1.807, 2.05) is 0 Å². The fraction of sp³-hybridized carbons (Fsp3) is 0. The molecule has 1 aromatic carbocycles. The summed E-state index contributed by atoms with van der Waals surface area (Å²) in [6.07, 6.45) is 0. The molecule has 0 heterocycles. The molecule has 0 amide bonds. The Morgan fingerprint density at radius 1 is 1.38 bits per heavy atom. The van der Waals surface area contributed by atoms with Gasteiger partial charge in [-0.3, -0.25) is 0 Å². The molecule has 0 bridgehead atoms. The molecule has 0 atom stereocenters. The highest BCUT2D eigenvalue weighted by atomic mass is 16.3. The van der Waals surface area contributed by atoms with Gasteiger partial charge in [0.2, 0.25) is 0 Å². The molecule has 0 aliphatic heterocycles. The normalized spacial score (nSPS) is 9.12. The summed E-state index contributed by atoms with van der Waals surface area (Å²) in [5.41, 5.74) is 0.338. The Labute approximate surface area is 48.6 Å². The third kappa shape index (κ3) is 0.997. The van der Waals surface area contributed by atoms with Crippen LogP contribution < -0.4 is 0 Å². The third-order valence-electron chi connectivity index (χ3n) is 0.846. The van der Waals surface area contributed by atoms with Crippen LogP contribution in [0.25, 0.3) is 0 Å². The minimum atomic E-state index is 0.150. The quantitative estimate of drug-likeness (QED) is 0.527. The van der Waals surface area contributed by atoms with E-state index in [2.05, 4.69) is 0 Å². The molecule has 0 spiro atoms. The molecule has 1 heteroatoms. The zero-order chi connectivity index (χ0) is 5.98. The molecule has 1 nitrogen and oxygen atoms in total. The lowest BCUT2D eigenvalue weighted by Crippen LogP contribution is -1.66. The highest BCUT2D eigenvalue weighted by Gasteiger charge is 1.83. The van der Waals surface area contributed by atoms with Gasteiger partial charge in [-0.05, 0) is 17.7 Å².